The predicted octanol–water partition coefficient (Wildman–Crippen LogP) is 3.25. The number of carbonyl (C=O) groups is 1. The number of benzene rings is 1. The lowest BCUT2D eigenvalue weighted by Gasteiger charge is -2.33. The van der Waals surface area contributed by atoms with Gasteiger partial charge in [0.25, 0.3) is 5.91 Å². The Kier molecular flexibility index (Phi) is 6.19. The number of rotatable bonds is 5. The van der Waals surface area contributed by atoms with Gasteiger partial charge in [-0.3, -0.25) is 9.78 Å². The second-order valence-corrected chi connectivity index (χ2v) is 8.42. The molecule has 1 aliphatic heterocycles. The summed E-state index contributed by atoms with van der Waals surface area (Å²) >= 11 is 0.823. The lowest BCUT2D eigenvalue weighted by molar-refractivity contribution is 0.102. The van der Waals surface area contributed by atoms with E-state index in [2.05, 4.69) is 20.2 Å². The van der Waals surface area contributed by atoms with Crippen LogP contribution in [0, 0.1) is 11.6 Å². The highest BCUT2D eigenvalue weighted by atomic mass is 32.1. The summed E-state index contributed by atoms with van der Waals surface area (Å²) in [6, 6.07) is 3.93. The Hall–Kier alpha value is -3.31. The zero-order valence-electron chi connectivity index (χ0n) is 17.3. The molecule has 4 rings (SSSR count). The summed E-state index contributed by atoms with van der Waals surface area (Å²) in [4.78, 5) is 23.2. The number of amides is 1. The molecule has 1 amide bonds. The van der Waals surface area contributed by atoms with Crippen LogP contribution in [0.25, 0.3) is 10.6 Å². The molecule has 0 saturated carbocycles. The van der Waals surface area contributed by atoms with Crippen LogP contribution in [-0.4, -0.2) is 42.1 Å². The molecule has 1 fully saturated rings. The van der Waals surface area contributed by atoms with E-state index < -0.39 is 17.5 Å². The highest BCUT2D eigenvalue weighted by Crippen LogP contribution is 2.36. The van der Waals surface area contributed by atoms with Crippen LogP contribution >= 0.6 is 11.3 Å². The van der Waals surface area contributed by atoms with Gasteiger partial charge in [0.15, 0.2) is 5.69 Å². The fourth-order valence-corrected chi connectivity index (χ4v) is 4.52. The second kappa shape index (κ2) is 9.05. The summed E-state index contributed by atoms with van der Waals surface area (Å²) in [5.74, 6) is -2.29. The molecular formula is C21H22F2N6O2S. The SMILES string of the molecule is COc1cc(F)c(-c2nc(C(=O)Nc3cnccc3N3CCC[C@H](N)C3)c(N)s2)c(F)c1. The number of thiazole rings is 1. The van der Waals surface area contributed by atoms with Crippen LogP contribution in [0.15, 0.2) is 30.6 Å². The van der Waals surface area contributed by atoms with Gasteiger partial charge < -0.3 is 26.4 Å². The van der Waals surface area contributed by atoms with E-state index >= 15 is 0 Å². The molecular weight excluding hydrogens is 438 g/mol. The fraction of sp³-hybridized carbons (Fsp3) is 0.286. The summed E-state index contributed by atoms with van der Waals surface area (Å²) in [7, 11) is 1.31. The van der Waals surface area contributed by atoms with Crippen LogP contribution in [0.2, 0.25) is 0 Å². The van der Waals surface area contributed by atoms with Crippen molar-refractivity contribution in [1.29, 1.82) is 0 Å². The number of carbonyl (C=O) groups excluding carboxylic acids is 1. The minimum Gasteiger partial charge on any atom is -0.497 e. The summed E-state index contributed by atoms with van der Waals surface area (Å²) < 4.78 is 33.8. The topological polar surface area (TPSA) is 119 Å². The van der Waals surface area contributed by atoms with Gasteiger partial charge in [0, 0.05) is 37.5 Å². The maximum absolute atomic E-state index is 14.4. The number of piperidine rings is 1. The van der Waals surface area contributed by atoms with Crippen molar-refractivity contribution in [2.45, 2.75) is 18.9 Å². The quantitative estimate of drug-likeness (QED) is 0.535. The molecule has 1 aromatic carbocycles. The molecule has 168 valence electrons. The zero-order chi connectivity index (χ0) is 22.8. The van der Waals surface area contributed by atoms with Crippen molar-refractivity contribution in [3.05, 3.63) is 47.9 Å². The number of hydrogen-bond donors (Lipinski definition) is 3. The van der Waals surface area contributed by atoms with E-state index in [1.165, 1.54) is 13.3 Å². The maximum Gasteiger partial charge on any atom is 0.277 e. The number of nitrogen functional groups attached to an aromatic ring is 1. The number of methoxy groups -OCH3 is 1. The van der Waals surface area contributed by atoms with E-state index in [0.29, 0.717) is 12.2 Å². The van der Waals surface area contributed by atoms with Crippen molar-refractivity contribution in [3.63, 3.8) is 0 Å². The number of anilines is 3. The maximum atomic E-state index is 14.4. The van der Waals surface area contributed by atoms with E-state index in [4.69, 9.17) is 16.2 Å². The molecule has 0 aliphatic carbocycles. The first-order chi connectivity index (χ1) is 15.4. The Morgan fingerprint density at radius 1 is 1.34 bits per heavy atom. The molecule has 11 heteroatoms. The standard InChI is InChI=1S/C21H22F2N6O2S/c1-31-12-7-13(22)17(14(23)8-12)21-28-18(19(25)32-21)20(30)27-15-9-26-5-4-16(15)29-6-2-3-11(24)10-29/h4-5,7-9,11H,2-3,6,10,24-25H2,1H3,(H,27,30)/t11-/m0/s1. The number of nitrogens with one attached hydrogen (secondary N) is 1. The van der Waals surface area contributed by atoms with Crippen molar-refractivity contribution < 1.29 is 18.3 Å². The Morgan fingerprint density at radius 2 is 2.09 bits per heavy atom. The van der Waals surface area contributed by atoms with Crippen molar-refractivity contribution in [2.24, 2.45) is 5.73 Å². The van der Waals surface area contributed by atoms with E-state index in [-0.39, 0.29) is 33.1 Å². The normalized spacial score (nSPS) is 16.1. The highest BCUT2D eigenvalue weighted by molar-refractivity contribution is 7.19. The van der Waals surface area contributed by atoms with Gasteiger partial charge >= 0.3 is 0 Å². The first-order valence-electron chi connectivity index (χ1n) is 9.93. The molecule has 1 saturated heterocycles. The lowest BCUT2D eigenvalue weighted by atomic mass is 10.1. The van der Waals surface area contributed by atoms with Crippen LogP contribution in [0.4, 0.5) is 25.2 Å². The number of halogens is 2. The number of pyridine rings is 1. The van der Waals surface area contributed by atoms with Crippen molar-refractivity contribution in [1.82, 2.24) is 9.97 Å². The molecule has 32 heavy (non-hydrogen) atoms. The van der Waals surface area contributed by atoms with Gasteiger partial charge in [0.1, 0.15) is 27.4 Å². The molecule has 1 atom stereocenters. The molecule has 8 nitrogen and oxygen atoms in total. The average Bonchev–Trinajstić information content (AvgIpc) is 3.14. The molecule has 2 aromatic heterocycles. The molecule has 1 aliphatic rings. The van der Waals surface area contributed by atoms with Crippen molar-refractivity contribution in [3.8, 4) is 16.3 Å². The number of hydrogen-bond acceptors (Lipinski definition) is 8. The Balaban J connectivity index is 1.61. The largest absolute Gasteiger partial charge is 0.497 e. The van der Waals surface area contributed by atoms with Crippen molar-refractivity contribution >= 4 is 33.6 Å². The van der Waals surface area contributed by atoms with E-state index in [1.54, 1.807) is 12.3 Å². The predicted molar refractivity (Wildman–Crippen MR) is 120 cm³/mol. The molecule has 0 radical (unpaired) electrons. The lowest BCUT2D eigenvalue weighted by Crippen LogP contribution is -2.43. The summed E-state index contributed by atoms with van der Waals surface area (Å²) in [5.41, 5.74) is 12.8. The van der Waals surface area contributed by atoms with Gasteiger partial charge in [-0.05, 0) is 18.9 Å². The first-order valence-corrected chi connectivity index (χ1v) is 10.7. The van der Waals surface area contributed by atoms with Gasteiger partial charge in [0.05, 0.1) is 30.2 Å². The van der Waals surface area contributed by atoms with Crippen LogP contribution in [-0.2, 0) is 0 Å². The minimum absolute atomic E-state index is 0.0350. The number of aromatic nitrogens is 2. The number of nitrogens with zero attached hydrogens (tertiary/aromatic N) is 3. The van der Waals surface area contributed by atoms with E-state index in [9.17, 15) is 13.6 Å². The summed E-state index contributed by atoms with van der Waals surface area (Å²) in [6.07, 6.45) is 5.05. The van der Waals surface area contributed by atoms with Gasteiger partial charge in [0.2, 0.25) is 0 Å². The van der Waals surface area contributed by atoms with Gasteiger partial charge in [-0.1, -0.05) is 11.3 Å². The monoisotopic (exact) mass is 460 g/mol. The van der Waals surface area contributed by atoms with Gasteiger partial charge in [-0.15, -0.1) is 0 Å². The third-order valence-corrected chi connectivity index (χ3v) is 6.08. The zero-order valence-corrected chi connectivity index (χ0v) is 18.1. The first kappa shape index (κ1) is 21.9. The third-order valence-electron chi connectivity index (χ3n) is 5.18. The molecule has 3 heterocycles. The minimum atomic E-state index is -0.862. The van der Waals surface area contributed by atoms with Gasteiger partial charge in [-0.25, -0.2) is 13.8 Å². The average molecular weight is 461 g/mol. The molecule has 3 aromatic rings. The number of ether oxygens (including phenoxy) is 1. The van der Waals surface area contributed by atoms with Crippen molar-refractivity contribution in [2.75, 3.05) is 36.1 Å². The molecule has 0 spiro atoms. The summed E-state index contributed by atoms with van der Waals surface area (Å²) in [5, 5.41) is 2.76. The Labute approximate surface area is 187 Å². The molecule has 0 unspecified atom stereocenters. The van der Waals surface area contributed by atoms with Crippen LogP contribution in [0.1, 0.15) is 23.3 Å². The van der Waals surface area contributed by atoms with Crippen LogP contribution in [0.3, 0.4) is 0 Å². The molecule has 0 bridgehead atoms. The highest BCUT2D eigenvalue weighted by Gasteiger charge is 2.24. The second-order valence-electron chi connectivity index (χ2n) is 7.39. The van der Waals surface area contributed by atoms with E-state index in [1.807, 2.05) is 0 Å². The van der Waals surface area contributed by atoms with Crippen LogP contribution < -0.4 is 26.4 Å². The smallest absolute Gasteiger partial charge is 0.277 e. The summed E-state index contributed by atoms with van der Waals surface area (Å²) in [6.45, 7) is 1.46. The Bertz CT molecular complexity index is 1130. The van der Waals surface area contributed by atoms with E-state index in [0.717, 1.165) is 48.5 Å². The fourth-order valence-electron chi connectivity index (χ4n) is 3.64. The Morgan fingerprint density at radius 3 is 2.78 bits per heavy atom. The van der Waals surface area contributed by atoms with Crippen LogP contribution in [0.5, 0.6) is 5.75 Å². The van der Waals surface area contributed by atoms with Gasteiger partial charge in [-0.2, -0.15) is 0 Å². The third kappa shape index (κ3) is 4.34. The number of nitrogens with two attached hydrogens (primary N) is 2. The molecule has 5 N–H and O–H groups in total.